The fraction of sp³-hybridized carbons (Fsp3) is 0.615. The predicted molar refractivity (Wildman–Crippen MR) is 76.3 cm³/mol. The van der Waals surface area contributed by atoms with Crippen molar-refractivity contribution in [3.05, 3.63) is 17.5 Å². The lowest BCUT2D eigenvalue weighted by Crippen LogP contribution is -2.38. The summed E-state index contributed by atoms with van der Waals surface area (Å²) < 4.78 is 1.75. The van der Waals surface area contributed by atoms with Gasteiger partial charge in [0.1, 0.15) is 0 Å². The minimum Gasteiger partial charge on any atom is -0.345 e. The first-order valence-corrected chi connectivity index (χ1v) is 6.75. The number of hydrogen-bond donors (Lipinski definition) is 2. The highest BCUT2D eigenvalue weighted by molar-refractivity contribution is 5.97. The van der Waals surface area contributed by atoms with E-state index in [1.165, 1.54) is 6.20 Å². The first-order chi connectivity index (χ1) is 9.51. The van der Waals surface area contributed by atoms with Gasteiger partial charge in [-0.15, -0.1) is 0 Å². The maximum absolute atomic E-state index is 12.0. The molecule has 0 aliphatic rings. The number of aromatic nitrogens is 2. The van der Waals surface area contributed by atoms with E-state index in [4.69, 9.17) is 5.73 Å². The van der Waals surface area contributed by atoms with Gasteiger partial charge in [0, 0.05) is 25.8 Å². The van der Waals surface area contributed by atoms with Crippen molar-refractivity contribution in [2.24, 2.45) is 5.73 Å². The van der Waals surface area contributed by atoms with E-state index in [0.29, 0.717) is 25.2 Å². The fourth-order valence-electron chi connectivity index (χ4n) is 1.70. The molecule has 1 aromatic rings. The van der Waals surface area contributed by atoms with Crippen LogP contribution in [-0.4, -0.2) is 53.2 Å². The van der Waals surface area contributed by atoms with Gasteiger partial charge in [-0.25, -0.2) is 0 Å². The van der Waals surface area contributed by atoms with Crippen LogP contribution in [0.3, 0.4) is 0 Å². The molecule has 7 nitrogen and oxygen atoms in total. The summed E-state index contributed by atoms with van der Waals surface area (Å²) in [7, 11) is 1.70. The molecule has 0 saturated heterocycles. The average molecular weight is 281 g/mol. The predicted octanol–water partition coefficient (Wildman–Crippen LogP) is -0.252. The molecule has 0 aliphatic carbocycles. The van der Waals surface area contributed by atoms with E-state index in [1.807, 2.05) is 13.8 Å². The summed E-state index contributed by atoms with van der Waals surface area (Å²) in [5.74, 6) is -0.395. The lowest BCUT2D eigenvalue weighted by molar-refractivity contribution is -0.128. The second kappa shape index (κ2) is 7.64. The van der Waals surface area contributed by atoms with Crippen LogP contribution in [-0.2, 0) is 11.3 Å². The van der Waals surface area contributed by atoms with Crippen LogP contribution < -0.4 is 11.1 Å². The van der Waals surface area contributed by atoms with Crippen LogP contribution in [0.2, 0.25) is 0 Å². The van der Waals surface area contributed by atoms with E-state index in [-0.39, 0.29) is 18.4 Å². The Balaban J connectivity index is 2.60. The molecule has 0 spiro atoms. The maximum Gasteiger partial charge on any atom is 0.255 e. The largest absolute Gasteiger partial charge is 0.345 e. The van der Waals surface area contributed by atoms with E-state index in [2.05, 4.69) is 10.4 Å². The van der Waals surface area contributed by atoms with Gasteiger partial charge in [-0.3, -0.25) is 14.3 Å². The van der Waals surface area contributed by atoms with Crippen LogP contribution in [0.4, 0.5) is 0 Å². The normalized spacial score (nSPS) is 10.4. The van der Waals surface area contributed by atoms with Gasteiger partial charge in [0.05, 0.1) is 18.3 Å². The Kier molecular flexibility index (Phi) is 6.17. The summed E-state index contributed by atoms with van der Waals surface area (Å²) >= 11 is 0. The monoisotopic (exact) mass is 281 g/mol. The Labute approximate surface area is 119 Å². The molecule has 7 heteroatoms. The van der Waals surface area contributed by atoms with Crippen LogP contribution in [0.5, 0.6) is 0 Å². The lowest BCUT2D eigenvalue weighted by Gasteiger charge is -2.14. The Morgan fingerprint density at radius 2 is 2.20 bits per heavy atom. The highest BCUT2D eigenvalue weighted by Crippen LogP contribution is 2.07. The Morgan fingerprint density at radius 3 is 2.80 bits per heavy atom. The molecular formula is C13H23N5O2. The minimum atomic E-state index is -0.278. The highest BCUT2D eigenvalue weighted by atomic mass is 16.2. The summed E-state index contributed by atoms with van der Waals surface area (Å²) in [6.45, 7) is 5.59. The summed E-state index contributed by atoms with van der Waals surface area (Å²) in [5.41, 5.74) is 6.73. The van der Waals surface area contributed by atoms with E-state index < -0.39 is 0 Å². The van der Waals surface area contributed by atoms with E-state index >= 15 is 0 Å². The SMILES string of the molecule is CCN(C)C(=O)CNC(=O)c1cnn(CCCN)c1C. The Bertz CT molecular complexity index is 469. The quantitative estimate of drug-likeness (QED) is 0.720. The number of nitrogens with two attached hydrogens (primary N) is 1. The molecule has 20 heavy (non-hydrogen) atoms. The molecule has 0 saturated carbocycles. The lowest BCUT2D eigenvalue weighted by atomic mass is 10.2. The van der Waals surface area contributed by atoms with Crippen molar-refractivity contribution in [1.29, 1.82) is 0 Å². The molecule has 0 radical (unpaired) electrons. The zero-order chi connectivity index (χ0) is 15.1. The molecule has 1 heterocycles. The van der Waals surface area contributed by atoms with Gasteiger partial charge in [-0.2, -0.15) is 5.10 Å². The molecule has 112 valence electrons. The molecule has 1 rings (SSSR count). The number of likely N-dealkylation sites (N-methyl/N-ethyl adjacent to an activating group) is 1. The first kappa shape index (κ1) is 16.2. The van der Waals surface area contributed by atoms with Gasteiger partial charge in [-0.05, 0) is 26.8 Å². The third-order valence-electron chi connectivity index (χ3n) is 3.22. The molecule has 1 aromatic heterocycles. The van der Waals surface area contributed by atoms with Gasteiger partial charge < -0.3 is 16.0 Å². The third-order valence-corrected chi connectivity index (χ3v) is 3.22. The summed E-state index contributed by atoms with van der Waals surface area (Å²) in [4.78, 5) is 25.2. The number of aryl methyl sites for hydroxylation is 1. The molecule has 2 amide bonds. The minimum absolute atomic E-state index is 0.00338. The number of hydrogen-bond acceptors (Lipinski definition) is 4. The van der Waals surface area contributed by atoms with Crippen molar-refractivity contribution in [3.8, 4) is 0 Å². The second-order valence-electron chi connectivity index (χ2n) is 4.60. The molecule has 0 bridgehead atoms. The molecule has 0 atom stereocenters. The number of carbonyl (C=O) groups excluding carboxylic acids is 2. The van der Waals surface area contributed by atoms with Gasteiger partial charge in [0.2, 0.25) is 5.91 Å². The van der Waals surface area contributed by atoms with Crippen molar-refractivity contribution < 1.29 is 9.59 Å². The van der Waals surface area contributed by atoms with Gasteiger partial charge >= 0.3 is 0 Å². The van der Waals surface area contributed by atoms with Crippen molar-refractivity contribution in [2.75, 3.05) is 26.7 Å². The van der Waals surface area contributed by atoms with Crippen molar-refractivity contribution in [2.45, 2.75) is 26.8 Å². The Morgan fingerprint density at radius 1 is 1.50 bits per heavy atom. The summed E-state index contributed by atoms with van der Waals surface area (Å²) in [5, 5.41) is 6.77. The zero-order valence-corrected chi connectivity index (χ0v) is 12.3. The standard InChI is InChI=1S/C13H23N5O2/c1-4-17(3)12(19)9-15-13(20)11-8-16-18(10(11)2)7-5-6-14/h8H,4-7,9,14H2,1-3H3,(H,15,20). The van der Waals surface area contributed by atoms with E-state index in [9.17, 15) is 9.59 Å². The molecule has 0 aromatic carbocycles. The summed E-state index contributed by atoms with van der Waals surface area (Å²) in [6, 6.07) is 0. The smallest absolute Gasteiger partial charge is 0.255 e. The molecular weight excluding hydrogens is 258 g/mol. The maximum atomic E-state index is 12.0. The number of nitrogens with zero attached hydrogens (tertiary/aromatic N) is 3. The topological polar surface area (TPSA) is 93.2 Å². The molecule has 3 N–H and O–H groups in total. The third kappa shape index (κ3) is 4.06. The van der Waals surface area contributed by atoms with Crippen LogP contribution >= 0.6 is 0 Å². The van der Waals surface area contributed by atoms with Gasteiger partial charge in [0.15, 0.2) is 0 Å². The number of rotatable bonds is 7. The number of carbonyl (C=O) groups is 2. The number of amides is 2. The second-order valence-corrected chi connectivity index (χ2v) is 4.60. The highest BCUT2D eigenvalue weighted by Gasteiger charge is 2.15. The molecule has 0 unspecified atom stereocenters. The Hall–Kier alpha value is -1.89. The van der Waals surface area contributed by atoms with Crippen LogP contribution in [0.15, 0.2) is 6.20 Å². The van der Waals surface area contributed by atoms with Crippen molar-refractivity contribution in [1.82, 2.24) is 20.0 Å². The molecule has 0 aliphatic heterocycles. The molecule has 0 fully saturated rings. The van der Waals surface area contributed by atoms with Crippen LogP contribution in [0, 0.1) is 6.92 Å². The van der Waals surface area contributed by atoms with E-state index in [1.54, 1.807) is 16.6 Å². The van der Waals surface area contributed by atoms with Crippen molar-refractivity contribution >= 4 is 11.8 Å². The fourth-order valence-corrected chi connectivity index (χ4v) is 1.70. The van der Waals surface area contributed by atoms with Crippen LogP contribution in [0.25, 0.3) is 0 Å². The van der Waals surface area contributed by atoms with Gasteiger partial charge in [0.25, 0.3) is 5.91 Å². The van der Waals surface area contributed by atoms with Crippen molar-refractivity contribution in [3.63, 3.8) is 0 Å². The zero-order valence-electron chi connectivity index (χ0n) is 12.3. The van der Waals surface area contributed by atoms with Crippen LogP contribution in [0.1, 0.15) is 29.4 Å². The van der Waals surface area contributed by atoms with Gasteiger partial charge in [-0.1, -0.05) is 0 Å². The first-order valence-electron chi connectivity index (χ1n) is 6.75. The number of nitrogens with one attached hydrogen (secondary N) is 1. The van der Waals surface area contributed by atoms with E-state index in [0.717, 1.165) is 12.1 Å². The summed E-state index contributed by atoms with van der Waals surface area (Å²) in [6.07, 6.45) is 2.33. The average Bonchev–Trinajstić information content (AvgIpc) is 2.82.